The van der Waals surface area contributed by atoms with Crippen molar-refractivity contribution in [3.8, 4) is 0 Å². The Labute approximate surface area is 135 Å². The number of hydrogen-bond donors (Lipinski definition) is 5. The maximum Gasteiger partial charge on any atom is 0.326 e. The Bertz CT molecular complexity index is 427. The topological polar surface area (TPSA) is 165 Å². The lowest BCUT2D eigenvalue weighted by atomic mass is 10.1. The molecule has 3 amide bonds. The number of hydrogen-bond acceptors (Lipinski definition) is 5. The minimum absolute atomic E-state index is 0.00175. The Balaban J connectivity index is 3.90. The molecule has 9 nitrogen and oxygen atoms in total. The second-order valence-corrected chi connectivity index (χ2v) is 5.21. The van der Waals surface area contributed by atoms with Crippen molar-refractivity contribution in [1.82, 2.24) is 10.6 Å². The number of rotatable bonds is 12. The number of carbonyl (C=O) groups is 4. The average Bonchev–Trinajstić information content (AvgIpc) is 2.49. The molecule has 7 N–H and O–H groups in total. The largest absolute Gasteiger partial charge is 0.480 e. The SMILES string of the molecule is CCC(=O)N[C@@H](CCC(=O)NCCCC[C@H](N)C(N)=O)C(=O)O. The number of unbranched alkanes of at least 4 members (excludes halogenated alkanes) is 1. The highest BCUT2D eigenvalue weighted by Gasteiger charge is 2.20. The first-order valence-corrected chi connectivity index (χ1v) is 7.61. The Kier molecular flexibility index (Phi) is 10.3. The molecular formula is C14H26N4O5. The maximum atomic E-state index is 11.6. The van der Waals surface area contributed by atoms with Crippen LogP contribution in [0.4, 0.5) is 0 Å². The molecule has 0 rings (SSSR count). The van der Waals surface area contributed by atoms with Gasteiger partial charge in [0.1, 0.15) is 6.04 Å². The van der Waals surface area contributed by atoms with E-state index in [1.165, 1.54) is 0 Å². The Hall–Kier alpha value is -2.16. The molecule has 0 unspecified atom stereocenters. The summed E-state index contributed by atoms with van der Waals surface area (Å²) in [6, 6.07) is -1.74. The first-order chi connectivity index (χ1) is 10.8. The Morgan fingerprint density at radius 2 is 1.74 bits per heavy atom. The van der Waals surface area contributed by atoms with Gasteiger partial charge in [-0.05, 0) is 25.7 Å². The van der Waals surface area contributed by atoms with Crippen LogP contribution in [0.25, 0.3) is 0 Å². The number of nitrogens with two attached hydrogens (primary N) is 2. The van der Waals surface area contributed by atoms with Gasteiger partial charge >= 0.3 is 5.97 Å². The Morgan fingerprint density at radius 1 is 1.09 bits per heavy atom. The standard InChI is InChI=1S/C14H26N4O5/c1-2-11(19)18-10(14(22)23)6-7-12(20)17-8-4-3-5-9(15)13(16)21/h9-10H,2-8,15H2,1H3,(H2,16,21)(H,17,20)(H,18,19)(H,22,23)/t9-,10-/m0/s1. The summed E-state index contributed by atoms with van der Waals surface area (Å²) in [5.41, 5.74) is 10.5. The number of primary amides is 1. The van der Waals surface area contributed by atoms with Crippen LogP contribution in [0.3, 0.4) is 0 Å². The van der Waals surface area contributed by atoms with Gasteiger partial charge in [0.05, 0.1) is 6.04 Å². The van der Waals surface area contributed by atoms with Crippen LogP contribution >= 0.6 is 0 Å². The highest BCUT2D eigenvalue weighted by molar-refractivity contribution is 5.84. The molecule has 132 valence electrons. The Morgan fingerprint density at radius 3 is 2.26 bits per heavy atom. The van der Waals surface area contributed by atoms with Crippen molar-refractivity contribution in [3.05, 3.63) is 0 Å². The molecule has 2 atom stereocenters. The van der Waals surface area contributed by atoms with Gasteiger partial charge in [-0.25, -0.2) is 4.79 Å². The third kappa shape index (κ3) is 10.2. The van der Waals surface area contributed by atoms with Crippen LogP contribution in [0, 0.1) is 0 Å². The van der Waals surface area contributed by atoms with Crippen molar-refractivity contribution in [1.29, 1.82) is 0 Å². The number of aliphatic carboxylic acids is 1. The van der Waals surface area contributed by atoms with Crippen LogP contribution in [-0.2, 0) is 19.2 Å². The van der Waals surface area contributed by atoms with E-state index in [4.69, 9.17) is 16.6 Å². The van der Waals surface area contributed by atoms with E-state index < -0.39 is 24.0 Å². The smallest absolute Gasteiger partial charge is 0.326 e. The molecule has 0 spiro atoms. The molecule has 0 saturated carbocycles. The summed E-state index contributed by atoms with van der Waals surface area (Å²) >= 11 is 0. The van der Waals surface area contributed by atoms with Crippen LogP contribution < -0.4 is 22.1 Å². The van der Waals surface area contributed by atoms with Gasteiger partial charge in [0, 0.05) is 19.4 Å². The lowest BCUT2D eigenvalue weighted by molar-refractivity contribution is -0.142. The molecule has 0 aromatic rings. The van der Waals surface area contributed by atoms with E-state index in [2.05, 4.69) is 10.6 Å². The molecule has 0 fully saturated rings. The minimum atomic E-state index is -1.17. The summed E-state index contributed by atoms with van der Waals surface area (Å²) in [5.74, 6) is -2.38. The van der Waals surface area contributed by atoms with E-state index in [1.54, 1.807) is 6.92 Å². The van der Waals surface area contributed by atoms with E-state index >= 15 is 0 Å². The molecular weight excluding hydrogens is 304 g/mol. The number of carbonyl (C=O) groups excluding carboxylic acids is 3. The summed E-state index contributed by atoms with van der Waals surface area (Å²) in [4.78, 5) is 44.5. The molecule has 0 saturated heterocycles. The van der Waals surface area contributed by atoms with Gasteiger partial charge in [-0.3, -0.25) is 14.4 Å². The molecule has 9 heteroatoms. The lowest BCUT2D eigenvalue weighted by Crippen LogP contribution is -2.41. The van der Waals surface area contributed by atoms with Crippen LogP contribution in [0.1, 0.15) is 45.4 Å². The van der Waals surface area contributed by atoms with E-state index in [-0.39, 0.29) is 31.1 Å². The molecule has 0 aromatic heterocycles. The molecule has 0 radical (unpaired) electrons. The van der Waals surface area contributed by atoms with E-state index in [0.29, 0.717) is 25.8 Å². The predicted molar refractivity (Wildman–Crippen MR) is 83.1 cm³/mol. The van der Waals surface area contributed by atoms with Crippen molar-refractivity contribution in [2.45, 2.75) is 57.5 Å². The number of nitrogens with one attached hydrogen (secondary N) is 2. The van der Waals surface area contributed by atoms with Crippen molar-refractivity contribution in [2.24, 2.45) is 11.5 Å². The second kappa shape index (κ2) is 11.4. The zero-order valence-corrected chi connectivity index (χ0v) is 13.3. The normalized spacial score (nSPS) is 13.0. The molecule has 23 heavy (non-hydrogen) atoms. The third-order valence-corrected chi connectivity index (χ3v) is 3.24. The van der Waals surface area contributed by atoms with E-state index in [9.17, 15) is 19.2 Å². The van der Waals surface area contributed by atoms with Crippen LogP contribution in [0.15, 0.2) is 0 Å². The summed E-state index contributed by atoms with van der Waals surface area (Å²) in [6.07, 6.45) is 1.95. The fourth-order valence-corrected chi connectivity index (χ4v) is 1.78. The summed E-state index contributed by atoms with van der Waals surface area (Å²) in [6.45, 7) is 2.02. The first-order valence-electron chi connectivity index (χ1n) is 7.61. The van der Waals surface area contributed by atoms with Crippen LogP contribution in [-0.4, -0.2) is 47.4 Å². The van der Waals surface area contributed by atoms with Crippen LogP contribution in [0.5, 0.6) is 0 Å². The molecule has 0 aliphatic carbocycles. The van der Waals surface area contributed by atoms with Crippen molar-refractivity contribution >= 4 is 23.7 Å². The summed E-state index contributed by atoms with van der Waals surface area (Å²) in [7, 11) is 0. The second-order valence-electron chi connectivity index (χ2n) is 5.21. The monoisotopic (exact) mass is 330 g/mol. The van der Waals surface area contributed by atoms with Crippen LogP contribution in [0.2, 0.25) is 0 Å². The summed E-state index contributed by atoms with van der Waals surface area (Å²) in [5, 5.41) is 14.0. The van der Waals surface area contributed by atoms with Gasteiger partial charge in [-0.2, -0.15) is 0 Å². The quantitative estimate of drug-likeness (QED) is 0.283. The number of carboxylic acid groups (broad SMARTS) is 1. The average molecular weight is 330 g/mol. The van der Waals surface area contributed by atoms with E-state index in [0.717, 1.165) is 0 Å². The van der Waals surface area contributed by atoms with E-state index in [1.807, 2.05) is 0 Å². The van der Waals surface area contributed by atoms with Gasteiger partial charge in [0.25, 0.3) is 0 Å². The molecule has 0 aliphatic rings. The fraction of sp³-hybridized carbons (Fsp3) is 0.714. The van der Waals surface area contributed by atoms with Crippen molar-refractivity contribution < 1.29 is 24.3 Å². The predicted octanol–water partition coefficient (Wildman–Crippen LogP) is -1.15. The number of amides is 3. The first kappa shape index (κ1) is 20.8. The van der Waals surface area contributed by atoms with Crippen molar-refractivity contribution in [3.63, 3.8) is 0 Å². The van der Waals surface area contributed by atoms with Gasteiger partial charge in [-0.1, -0.05) is 6.92 Å². The maximum absolute atomic E-state index is 11.6. The van der Waals surface area contributed by atoms with Gasteiger partial charge in [0.15, 0.2) is 0 Å². The molecule has 0 aliphatic heterocycles. The van der Waals surface area contributed by atoms with Crippen molar-refractivity contribution in [2.75, 3.05) is 6.54 Å². The summed E-state index contributed by atoms with van der Waals surface area (Å²) < 4.78 is 0. The molecule has 0 bridgehead atoms. The van der Waals surface area contributed by atoms with Gasteiger partial charge in [-0.15, -0.1) is 0 Å². The number of carboxylic acids is 1. The fourth-order valence-electron chi connectivity index (χ4n) is 1.78. The third-order valence-electron chi connectivity index (χ3n) is 3.24. The molecule has 0 aromatic carbocycles. The highest BCUT2D eigenvalue weighted by Crippen LogP contribution is 2.00. The van der Waals surface area contributed by atoms with Gasteiger partial charge < -0.3 is 27.2 Å². The minimum Gasteiger partial charge on any atom is -0.480 e. The zero-order chi connectivity index (χ0) is 17.8. The highest BCUT2D eigenvalue weighted by atomic mass is 16.4. The van der Waals surface area contributed by atoms with Gasteiger partial charge in [0.2, 0.25) is 17.7 Å². The zero-order valence-electron chi connectivity index (χ0n) is 13.3. The molecule has 0 heterocycles. The lowest BCUT2D eigenvalue weighted by Gasteiger charge is -2.13.